The summed E-state index contributed by atoms with van der Waals surface area (Å²) >= 11 is 0. The van der Waals surface area contributed by atoms with Gasteiger partial charge in [0.1, 0.15) is 0 Å². The minimum Gasteiger partial charge on any atom is -0.361 e. The van der Waals surface area contributed by atoms with Crippen molar-refractivity contribution in [2.75, 3.05) is 0 Å². The summed E-state index contributed by atoms with van der Waals surface area (Å²) in [6.07, 6.45) is 10.1. The number of aromatic amines is 1. The van der Waals surface area contributed by atoms with Crippen molar-refractivity contribution in [2.45, 2.75) is 52.4 Å². The van der Waals surface area contributed by atoms with Crippen LogP contribution in [0.5, 0.6) is 0 Å². The van der Waals surface area contributed by atoms with E-state index in [1.54, 1.807) is 0 Å². The topological polar surface area (TPSA) is 15.8 Å². The van der Waals surface area contributed by atoms with E-state index in [4.69, 9.17) is 0 Å². The molecule has 0 aliphatic rings. The van der Waals surface area contributed by atoms with E-state index in [9.17, 15) is 0 Å². The summed E-state index contributed by atoms with van der Waals surface area (Å²) in [6.45, 7) is 4.44. The SMILES string of the molecule is CCCCCCCc1ccc2[nH]cc(C)c2c1. The van der Waals surface area contributed by atoms with Crippen LogP contribution in [0, 0.1) is 6.92 Å². The van der Waals surface area contributed by atoms with Gasteiger partial charge in [-0.05, 0) is 43.0 Å². The smallest absolute Gasteiger partial charge is 0.0456 e. The van der Waals surface area contributed by atoms with Crippen molar-refractivity contribution in [2.24, 2.45) is 0 Å². The maximum Gasteiger partial charge on any atom is 0.0456 e. The quantitative estimate of drug-likeness (QED) is 0.672. The summed E-state index contributed by atoms with van der Waals surface area (Å²) in [7, 11) is 0. The number of hydrogen-bond acceptors (Lipinski definition) is 0. The Balaban J connectivity index is 1.92. The van der Waals surface area contributed by atoms with Crippen LogP contribution in [0.2, 0.25) is 0 Å². The zero-order valence-corrected chi connectivity index (χ0v) is 11.1. The molecule has 1 aromatic heterocycles. The molecule has 1 nitrogen and oxygen atoms in total. The molecule has 0 saturated carbocycles. The number of fused-ring (bicyclic) bond motifs is 1. The molecule has 0 bridgehead atoms. The van der Waals surface area contributed by atoms with Gasteiger partial charge >= 0.3 is 0 Å². The zero-order chi connectivity index (χ0) is 12.1. The maximum atomic E-state index is 3.30. The molecule has 0 aliphatic heterocycles. The van der Waals surface area contributed by atoms with Gasteiger partial charge in [-0.25, -0.2) is 0 Å². The van der Waals surface area contributed by atoms with Crippen LogP contribution in [-0.2, 0) is 6.42 Å². The highest BCUT2D eigenvalue weighted by Gasteiger charge is 2.01. The molecule has 2 rings (SSSR count). The van der Waals surface area contributed by atoms with Crippen LogP contribution in [0.15, 0.2) is 24.4 Å². The lowest BCUT2D eigenvalue weighted by molar-refractivity contribution is 0.632. The van der Waals surface area contributed by atoms with E-state index in [0.29, 0.717) is 0 Å². The molecule has 0 unspecified atom stereocenters. The first-order chi connectivity index (χ1) is 8.31. The molecular formula is C16H23N. The second-order valence-electron chi connectivity index (χ2n) is 5.02. The third-order valence-corrected chi connectivity index (χ3v) is 3.52. The Labute approximate surface area is 104 Å². The number of nitrogens with one attached hydrogen (secondary N) is 1. The van der Waals surface area contributed by atoms with E-state index in [0.717, 1.165) is 0 Å². The van der Waals surface area contributed by atoms with Crippen molar-refractivity contribution in [3.8, 4) is 0 Å². The number of aryl methyl sites for hydroxylation is 2. The molecule has 0 aliphatic carbocycles. The Hall–Kier alpha value is -1.24. The van der Waals surface area contributed by atoms with E-state index in [1.165, 1.54) is 60.6 Å². The number of rotatable bonds is 6. The van der Waals surface area contributed by atoms with Gasteiger partial charge in [0.25, 0.3) is 0 Å². The molecule has 0 saturated heterocycles. The van der Waals surface area contributed by atoms with Crippen molar-refractivity contribution in [3.05, 3.63) is 35.5 Å². The summed E-state index contributed by atoms with van der Waals surface area (Å²) in [6, 6.07) is 6.82. The molecule has 92 valence electrons. The lowest BCUT2D eigenvalue weighted by Gasteiger charge is -2.02. The highest BCUT2D eigenvalue weighted by atomic mass is 14.7. The van der Waals surface area contributed by atoms with Gasteiger partial charge in [-0.15, -0.1) is 0 Å². The monoisotopic (exact) mass is 229 g/mol. The highest BCUT2D eigenvalue weighted by Crippen LogP contribution is 2.20. The molecule has 0 spiro atoms. The summed E-state index contributed by atoms with van der Waals surface area (Å²) in [4.78, 5) is 3.30. The Kier molecular flexibility index (Phi) is 4.24. The Bertz CT molecular complexity index is 467. The van der Waals surface area contributed by atoms with Crippen molar-refractivity contribution >= 4 is 10.9 Å². The molecule has 1 heterocycles. The fourth-order valence-electron chi connectivity index (χ4n) is 2.40. The molecule has 0 radical (unpaired) electrons. The molecule has 2 aromatic rings. The van der Waals surface area contributed by atoms with Crippen molar-refractivity contribution in [3.63, 3.8) is 0 Å². The molecule has 1 heteroatoms. The molecule has 0 fully saturated rings. The van der Waals surface area contributed by atoms with Crippen LogP contribution in [0.3, 0.4) is 0 Å². The summed E-state index contributed by atoms with van der Waals surface area (Å²) in [5, 5.41) is 1.39. The third-order valence-electron chi connectivity index (χ3n) is 3.52. The van der Waals surface area contributed by atoms with Crippen LogP contribution in [0.25, 0.3) is 10.9 Å². The Morgan fingerprint density at radius 1 is 1.06 bits per heavy atom. The number of aromatic nitrogens is 1. The van der Waals surface area contributed by atoms with Gasteiger partial charge in [-0.3, -0.25) is 0 Å². The number of benzene rings is 1. The van der Waals surface area contributed by atoms with E-state index < -0.39 is 0 Å². The maximum absolute atomic E-state index is 3.30. The van der Waals surface area contributed by atoms with Gasteiger partial charge in [0.05, 0.1) is 0 Å². The van der Waals surface area contributed by atoms with Crippen LogP contribution >= 0.6 is 0 Å². The van der Waals surface area contributed by atoms with Crippen LogP contribution < -0.4 is 0 Å². The van der Waals surface area contributed by atoms with E-state index in [-0.39, 0.29) is 0 Å². The van der Waals surface area contributed by atoms with Gasteiger partial charge in [-0.2, -0.15) is 0 Å². The molecule has 17 heavy (non-hydrogen) atoms. The number of H-pyrrole nitrogens is 1. The van der Waals surface area contributed by atoms with E-state index >= 15 is 0 Å². The Morgan fingerprint density at radius 2 is 1.88 bits per heavy atom. The van der Waals surface area contributed by atoms with E-state index in [2.05, 4.69) is 43.2 Å². The van der Waals surface area contributed by atoms with Gasteiger partial charge in [0.2, 0.25) is 0 Å². The first kappa shape index (κ1) is 12.2. The molecule has 0 atom stereocenters. The summed E-state index contributed by atoms with van der Waals surface area (Å²) in [5.74, 6) is 0. The van der Waals surface area contributed by atoms with Gasteiger partial charge < -0.3 is 4.98 Å². The number of unbranched alkanes of at least 4 members (excludes halogenated alkanes) is 4. The summed E-state index contributed by atoms with van der Waals surface area (Å²) < 4.78 is 0. The van der Waals surface area contributed by atoms with Crippen molar-refractivity contribution < 1.29 is 0 Å². The van der Waals surface area contributed by atoms with Gasteiger partial charge in [0, 0.05) is 17.1 Å². The molecule has 1 N–H and O–H groups in total. The van der Waals surface area contributed by atoms with Crippen LogP contribution in [-0.4, -0.2) is 4.98 Å². The normalized spacial score (nSPS) is 11.2. The average Bonchev–Trinajstić information content (AvgIpc) is 2.71. The highest BCUT2D eigenvalue weighted by molar-refractivity contribution is 5.83. The lowest BCUT2D eigenvalue weighted by atomic mass is 10.0. The van der Waals surface area contributed by atoms with E-state index in [1.807, 2.05) is 0 Å². The second-order valence-corrected chi connectivity index (χ2v) is 5.02. The largest absolute Gasteiger partial charge is 0.361 e. The first-order valence-electron chi connectivity index (χ1n) is 6.88. The minimum absolute atomic E-state index is 1.23. The molecule has 1 aromatic carbocycles. The van der Waals surface area contributed by atoms with Crippen LogP contribution in [0.4, 0.5) is 0 Å². The fourth-order valence-corrected chi connectivity index (χ4v) is 2.40. The standard InChI is InChI=1S/C16H23N/c1-3-4-5-6-7-8-14-9-10-16-15(11-14)13(2)12-17-16/h9-12,17H,3-8H2,1-2H3. The lowest BCUT2D eigenvalue weighted by Crippen LogP contribution is -1.86. The van der Waals surface area contributed by atoms with Crippen molar-refractivity contribution in [1.82, 2.24) is 4.98 Å². The first-order valence-corrected chi connectivity index (χ1v) is 6.88. The fraction of sp³-hybridized carbons (Fsp3) is 0.500. The van der Waals surface area contributed by atoms with Gasteiger partial charge in [0.15, 0.2) is 0 Å². The third kappa shape index (κ3) is 3.12. The molecular weight excluding hydrogens is 206 g/mol. The van der Waals surface area contributed by atoms with Crippen molar-refractivity contribution in [1.29, 1.82) is 0 Å². The van der Waals surface area contributed by atoms with Crippen LogP contribution in [0.1, 0.15) is 50.2 Å². The van der Waals surface area contributed by atoms with Gasteiger partial charge in [-0.1, -0.05) is 38.7 Å². The predicted octanol–water partition coefficient (Wildman–Crippen LogP) is 4.99. The average molecular weight is 229 g/mol. The predicted molar refractivity (Wildman–Crippen MR) is 75.5 cm³/mol. The minimum atomic E-state index is 1.23. The molecule has 0 amide bonds. The second kappa shape index (κ2) is 5.90. The number of hydrogen-bond donors (Lipinski definition) is 1. The zero-order valence-electron chi connectivity index (χ0n) is 11.1. The Morgan fingerprint density at radius 3 is 2.71 bits per heavy atom. The summed E-state index contributed by atoms with van der Waals surface area (Å²) in [5.41, 5.74) is 4.10.